The third-order valence-corrected chi connectivity index (χ3v) is 9.66. The van der Waals surface area contributed by atoms with Gasteiger partial charge in [-0.25, -0.2) is 13.2 Å². The zero-order chi connectivity index (χ0) is 20.3. The third kappa shape index (κ3) is 4.30. The number of esters is 1. The van der Waals surface area contributed by atoms with Crippen LogP contribution in [0.25, 0.3) is 0 Å². The lowest BCUT2D eigenvalue weighted by Gasteiger charge is -2.30. The second kappa shape index (κ2) is 9.24. The Kier molecular flexibility index (Phi) is 7.17. The number of ether oxygens (including phenoxy) is 1. The summed E-state index contributed by atoms with van der Waals surface area (Å²) in [4.78, 5) is 15.9. The highest BCUT2D eigenvalue weighted by atomic mass is 32.2. The van der Waals surface area contributed by atoms with Gasteiger partial charge in [0.1, 0.15) is 4.21 Å². The Bertz CT molecular complexity index is 793. The van der Waals surface area contributed by atoms with Gasteiger partial charge in [-0.05, 0) is 30.7 Å². The molecule has 6 nitrogen and oxygen atoms in total. The summed E-state index contributed by atoms with van der Waals surface area (Å²) >= 11 is 1.28. The van der Waals surface area contributed by atoms with Crippen LogP contribution in [0.1, 0.15) is 66.8 Å². The maximum Gasteiger partial charge on any atom is 0.340 e. The maximum atomic E-state index is 13.3. The first kappa shape index (κ1) is 21.7. The average molecular weight is 429 g/mol. The molecule has 28 heavy (non-hydrogen) atoms. The van der Waals surface area contributed by atoms with Gasteiger partial charge in [-0.1, -0.05) is 33.1 Å². The number of sulfonamides is 1. The summed E-state index contributed by atoms with van der Waals surface area (Å²) in [6.45, 7) is 8.09. The normalized spacial score (nSPS) is 19.0. The first-order chi connectivity index (χ1) is 13.4. The molecule has 0 N–H and O–H groups in total. The van der Waals surface area contributed by atoms with E-state index in [1.165, 1.54) is 18.4 Å². The highest BCUT2D eigenvalue weighted by Crippen LogP contribution is 2.38. The van der Waals surface area contributed by atoms with Crippen LogP contribution in [0.4, 0.5) is 0 Å². The summed E-state index contributed by atoms with van der Waals surface area (Å²) in [5, 5.41) is 0. The molecule has 0 atom stereocenters. The van der Waals surface area contributed by atoms with Crippen molar-refractivity contribution in [1.82, 2.24) is 9.21 Å². The van der Waals surface area contributed by atoms with Crippen molar-refractivity contribution in [3.05, 3.63) is 16.0 Å². The number of carbonyl (C=O) groups is 1. The highest BCUT2D eigenvalue weighted by Gasteiger charge is 2.37. The zero-order valence-electron chi connectivity index (χ0n) is 17.2. The minimum atomic E-state index is -3.66. The number of fused-ring (bicyclic) bond motifs is 1. The molecule has 0 aliphatic carbocycles. The first-order valence-corrected chi connectivity index (χ1v) is 12.6. The number of piperidine rings is 1. The molecule has 1 fully saturated rings. The van der Waals surface area contributed by atoms with Crippen molar-refractivity contribution in [3.63, 3.8) is 0 Å². The van der Waals surface area contributed by atoms with Crippen LogP contribution in [0.2, 0.25) is 0 Å². The van der Waals surface area contributed by atoms with Gasteiger partial charge in [-0.3, -0.25) is 4.90 Å². The molecule has 0 aromatic carbocycles. The molecular weight excluding hydrogens is 396 g/mol. The van der Waals surface area contributed by atoms with E-state index in [0.29, 0.717) is 25.4 Å². The topological polar surface area (TPSA) is 66.9 Å². The largest absolute Gasteiger partial charge is 0.465 e. The van der Waals surface area contributed by atoms with E-state index in [1.54, 1.807) is 4.31 Å². The predicted molar refractivity (Wildman–Crippen MR) is 111 cm³/mol. The van der Waals surface area contributed by atoms with Crippen molar-refractivity contribution in [2.24, 2.45) is 5.92 Å². The van der Waals surface area contributed by atoms with E-state index in [2.05, 4.69) is 18.7 Å². The minimum Gasteiger partial charge on any atom is -0.465 e. The maximum absolute atomic E-state index is 13.3. The number of methoxy groups -OCH3 is 1. The number of hydrogen-bond donors (Lipinski definition) is 0. The lowest BCUT2D eigenvalue weighted by atomic mass is 9.99. The van der Waals surface area contributed by atoms with Crippen molar-refractivity contribution < 1.29 is 17.9 Å². The molecule has 0 amide bonds. The molecule has 158 valence electrons. The molecule has 0 radical (unpaired) electrons. The van der Waals surface area contributed by atoms with Gasteiger partial charge in [0.2, 0.25) is 0 Å². The van der Waals surface area contributed by atoms with E-state index in [4.69, 9.17) is 4.74 Å². The van der Waals surface area contributed by atoms with Gasteiger partial charge in [0.15, 0.2) is 0 Å². The highest BCUT2D eigenvalue weighted by molar-refractivity contribution is 7.91. The minimum absolute atomic E-state index is 0.190. The Morgan fingerprint density at radius 2 is 1.82 bits per heavy atom. The fraction of sp³-hybridized carbons (Fsp3) is 0.750. The van der Waals surface area contributed by atoms with Crippen LogP contribution in [0, 0.1) is 5.92 Å². The lowest BCUT2D eigenvalue weighted by molar-refractivity contribution is 0.0595. The Hall–Kier alpha value is -0.960. The molecule has 3 heterocycles. The summed E-state index contributed by atoms with van der Waals surface area (Å²) in [5.74, 6) is 0.125. The summed E-state index contributed by atoms with van der Waals surface area (Å²) in [7, 11) is -2.33. The molecule has 8 heteroatoms. The van der Waals surface area contributed by atoms with Crippen LogP contribution >= 0.6 is 11.3 Å². The Labute approximate surface area is 172 Å². The predicted octanol–water partition coefficient (Wildman–Crippen LogP) is 3.50. The van der Waals surface area contributed by atoms with E-state index in [-0.39, 0.29) is 9.77 Å². The number of carbonyl (C=O) groups excluding carboxylic acids is 1. The zero-order valence-corrected chi connectivity index (χ0v) is 18.8. The first-order valence-electron chi connectivity index (χ1n) is 10.4. The van der Waals surface area contributed by atoms with E-state index in [9.17, 15) is 13.2 Å². The summed E-state index contributed by atoms with van der Waals surface area (Å²) in [6.07, 6.45) is 5.80. The standard InChI is InChI=1S/C20H32N2O4S2/c1-4-15(5-2)13-21-12-9-16-17(14-21)27-20(18(16)19(23)26-3)28(24,25)22-10-7-6-8-11-22/h15H,4-14H2,1-3H3. The molecule has 0 saturated carbocycles. The molecule has 1 aromatic rings. The lowest BCUT2D eigenvalue weighted by Crippen LogP contribution is -2.36. The summed E-state index contributed by atoms with van der Waals surface area (Å²) in [5.41, 5.74) is 1.17. The summed E-state index contributed by atoms with van der Waals surface area (Å²) in [6, 6.07) is 0. The van der Waals surface area contributed by atoms with Gasteiger partial charge in [0.05, 0.1) is 12.7 Å². The van der Waals surface area contributed by atoms with Crippen molar-refractivity contribution in [3.8, 4) is 0 Å². The number of rotatable bonds is 7. The molecule has 0 unspecified atom stereocenters. The molecular formula is C20H32N2O4S2. The van der Waals surface area contributed by atoms with Gasteiger partial charge in [-0.15, -0.1) is 11.3 Å². The van der Waals surface area contributed by atoms with Gasteiger partial charge in [0.25, 0.3) is 10.0 Å². The van der Waals surface area contributed by atoms with Crippen molar-refractivity contribution in [1.29, 1.82) is 0 Å². The number of thiophene rings is 1. The van der Waals surface area contributed by atoms with Crippen molar-refractivity contribution in [2.45, 2.75) is 63.1 Å². The van der Waals surface area contributed by atoms with E-state index in [1.807, 2.05) is 0 Å². The van der Waals surface area contributed by atoms with Gasteiger partial charge < -0.3 is 4.74 Å². The Morgan fingerprint density at radius 3 is 2.43 bits per heavy atom. The molecule has 1 saturated heterocycles. The van der Waals surface area contributed by atoms with E-state index < -0.39 is 16.0 Å². The Balaban J connectivity index is 1.94. The monoisotopic (exact) mass is 428 g/mol. The second-order valence-corrected chi connectivity index (χ2v) is 11.0. The molecule has 2 aliphatic rings. The van der Waals surface area contributed by atoms with Crippen molar-refractivity contribution >= 4 is 27.3 Å². The smallest absolute Gasteiger partial charge is 0.340 e. The van der Waals surface area contributed by atoms with Gasteiger partial charge in [0, 0.05) is 37.6 Å². The SMILES string of the molecule is CCC(CC)CN1CCc2c(sc(S(=O)(=O)N3CCCCC3)c2C(=O)OC)C1. The molecule has 3 rings (SSSR count). The quantitative estimate of drug-likeness (QED) is 0.622. The van der Waals surface area contributed by atoms with Crippen LogP contribution in [0.5, 0.6) is 0 Å². The van der Waals surface area contributed by atoms with Crippen LogP contribution in [0.15, 0.2) is 4.21 Å². The van der Waals surface area contributed by atoms with Crippen molar-refractivity contribution in [2.75, 3.05) is 33.3 Å². The average Bonchev–Trinajstić information content (AvgIpc) is 3.11. The number of hydrogen-bond acceptors (Lipinski definition) is 6. The van der Waals surface area contributed by atoms with Crippen LogP contribution < -0.4 is 0 Å². The van der Waals surface area contributed by atoms with Gasteiger partial charge >= 0.3 is 5.97 Å². The van der Waals surface area contributed by atoms with Crippen LogP contribution in [-0.4, -0.2) is 56.9 Å². The summed E-state index contributed by atoms with van der Waals surface area (Å²) < 4.78 is 33.3. The second-order valence-electron chi connectivity index (χ2n) is 7.79. The third-order valence-electron chi connectivity index (χ3n) is 6.05. The van der Waals surface area contributed by atoms with E-state index >= 15 is 0 Å². The fourth-order valence-corrected chi connectivity index (χ4v) is 7.80. The Morgan fingerprint density at radius 1 is 1.14 bits per heavy atom. The fourth-order valence-electron chi connectivity index (χ4n) is 4.21. The van der Waals surface area contributed by atoms with Crippen LogP contribution in [-0.2, 0) is 27.7 Å². The van der Waals surface area contributed by atoms with Gasteiger partial charge in [-0.2, -0.15) is 4.31 Å². The molecule has 0 spiro atoms. The number of nitrogens with zero attached hydrogens (tertiary/aromatic N) is 2. The molecule has 0 bridgehead atoms. The van der Waals surface area contributed by atoms with Crippen LogP contribution in [0.3, 0.4) is 0 Å². The molecule has 2 aliphatic heterocycles. The molecule has 1 aromatic heterocycles. The van der Waals surface area contributed by atoms with E-state index in [0.717, 1.165) is 62.2 Å².